The molecule has 0 amide bonds. The number of ether oxygens (including phenoxy) is 2. The molecule has 6 heteroatoms. The van der Waals surface area contributed by atoms with Gasteiger partial charge in [0.2, 0.25) is 0 Å². The van der Waals surface area contributed by atoms with Gasteiger partial charge in [0.15, 0.2) is 5.78 Å². The van der Waals surface area contributed by atoms with Crippen LogP contribution < -0.4 is 4.74 Å². The summed E-state index contributed by atoms with van der Waals surface area (Å²) in [6.45, 7) is 7.28. The largest absolute Gasteiger partial charge is 0.507 e. The van der Waals surface area contributed by atoms with E-state index in [2.05, 4.69) is 0 Å². The van der Waals surface area contributed by atoms with Crippen LogP contribution >= 0.6 is 11.6 Å². The van der Waals surface area contributed by atoms with Crippen molar-refractivity contribution in [2.75, 3.05) is 0 Å². The fraction of sp³-hybridized carbons (Fsp3) is 0.273. The number of phenolic OH excluding ortho intramolecular Hbond substituents is 1. The third-order valence-electron chi connectivity index (χ3n) is 3.59. The lowest BCUT2D eigenvalue weighted by atomic mass is 10.1. The molecular formula is C22H23ClO5. The third kappa shape index (κ3) is 5.86. The van der Waals surface area contributed by atoms with Crippen LogP contribution in [0.1, 0.15) is 54.0 Å². The maximum Gasteiger partial charge on any atom is 0.338 e. The molecule has 0 fully saturated rings. The van der Waals surface area contributed by atoms with Gasteiger partial charge in [-0.1, -0.05) is 17.7 Å². The summed E-state index contributed by atoms with van der Waals surface area (Å²) in [6, 6.07) is 9.19. The summed E-state index contributed by atoms with van der Waals surface area (Å²) in [7, 11) is 0. The van der Waals surface area contributed by atoms with Crippen LogP contribution in [0.4, 0.5) is 0 Å². The Morgan fingerprint density at radius 3 is 2.36 bits per heavy atom. The minimum atomic E-state index is -0.443. The number of aromatic hydroxyl groups is 1. The molecule has 0 radical (unpaired) electrons. The van der Waals surface area contributed by atoms with E-state index in [1.54, 1.807) is 38.1 Å². The summed E-state index contributed by atoms with van der Waals surface area (Å²) in [5, 5.41) is 10.2. The van der Waals surface area contributed by atoms with Crippen molar-refractivity contribution in [1.29, 1.82) is 0 Å². The highest BCUT2D eigenvalue weighted by atomic mass is 35.5. The Morgan fingerprint density at radius 2 is 1.75 bits per heavy atom. The Bertz CT molecular complexity index is 900. The molecule has 0 aliphatic heterocycles. The number of allylic oxidation sites excluding steroid dienone is 1. The first-order valence-corrected chi connectivity index (χ1v) is 9.27. The molecule has 0 heterocycles. The smallest absolute Gasteiger partial charge is 0.338 e. The van der Waals surface area contributed by atoms with Crippen LogP contribution in [0.3, 0.4) is 0 Å². The molecule has 0 aromatic heterocycles. The fourth-order valence-electron chi connectivity index (χ4n) is 2.41. The second-order valence-electron chi connectivity index (χ2n) is 6.73. The number of phenols is 1. The van der Waals surface area contributed by atoms with Crippen molar-refractivity contribution in [2.24, 2.45) is 0 Å². The van der Waals surface area contributed by atoms with Crippen molar-refractivity contribution in [2.45, 2.75) is 39.9 Å². The van der Waals surface area contributed by atoms with Gasteiger partial charge in [0, 0.05) is 10.6 Å². The summed E-state index contributed by atoms with van der Waals surface area (Å²) in [5.74, 6) is -0.556. The number of carbonyl (C=O) groups excluding carboxylic acids is 2. The molecule has 0 saturated carbocycles. The van der Waals surface area contributed by atoms with Crippen LogP contribution in [0.15, 0.2) is 42.5 Å². The van der Waals surface area contributed by atoms with Crippen LogP contribution in [-0.2, 0) is 4.74 Å². The quantitative estimate of drug-likeness (QED) is 0.386. The van der Waals surface area contributed by atoms with Gasteiger partial charge in [-0.2, -0.15) is 0 Å². The molecule has 148 valence electrons. The van der Waals surface area contributed by atoms with E-state index in [0.717, 1.165) is 0 Å². The normalized spacial score (nSPS) is 11.2. The molecule has 0 aliphatic rings. The summed E-state index contributed by atoms with van der Waals surface area (Å²) in [4.78, 5) is 24.5. The van der Waals surface area contributed by atoms with E-state index >= 15 is 0 Å². The minimum absolute atomic E-state index is 0.125. The number of hydrogen-bond donors (Lipinski definition) is 1. The lowest BCUT2D eigenvalue weighted by Gasteiger charge is -2.14. The number of rotatable bonds is 7. The molecule has 5 nitrogen and oxygen atoms in total. The lowest BCUT2D eigenvalue weighted by Crippen LogP contribution is -2.13. The molecule has 0 saturated heterocycles. The molecule has 0 bridgehead atoms. The molecule has 0 spiro atoms. The number of carbonyl (C=O) groups is 2. The van der Waals surface area contributed by atoms with E-state index in [1.165, 1.54) is 24.3 Å². The highest BCUT2D eigenvalue weighted by molar-refractivity contribution is 6.31. The Labute approximate surface area is 169 Å². The topological polar surface area (TPSA) is 72.8 Å². The summed E-state index contributed by atoms with van der Waals surface area (Å²) in [6.07, 6.45) is 2.55. The minimum Gasteiger partial charge on any atom is -0.507 e. The lowest BCUT2D eigenvalue weighted by molar-refractivity contribution is 0.0377. The van der Waals surface area contributed by atoms with E-state index in [9.17, 15) is 14.7 Å². The van der Waals surface area contributed by atoms with Crippen LogP contribution in [0.2, 0.25) is 5.02 Å². The van der Waals surface area contributed by atoms with Gasteiger partial charge in [-0.25, -0.2) is 4.79 Å². The molecule has 1 N–H and O–H groups in total. The first kappa shape index (κ1) is 21.5. The SMILES string of the molecule is CC(C)OC(=O)c1ccc(/C=C/C(=O)c2ccc(Cl)cc2O)c(OC(C)C)c1. The molecule has 0 aliphatic carbocycles. The predicted molar refractivity (Wildman–Crippen MR) is 109 cm³/mol. The molecule has 2 aromatic rings. The molecular weight excluding hydrogens is 380 g/mol. The van der Waals surface area contributed by atoms with Crippen molar-refractivity contribution in [3.05, 3.63) is 64.2 Å². The van der Waals surface area contributed by atoms with Crippen molar-refractivity contribution >= 4 is 29.4 Å². The molecule has 2 rings (SSSR count). The van der Waals surface area contributed by atoms with Crippen molar-refractivity contribution < 1.29 is 24.2 Å². The van der Waals surface area contributed by atoms with Gasteiger partial charge in [0.1, 0.15) is 11.5 Å². The molecule has 0 unspecified atom stereocenters. The van der Waals surface area contributed by atoms with E-state index in [-0.39, 0.29) is 29.3 Å². The van der Waals surface area contributed by atoms with E-state index in [4.69, 9.17) is 21.1 Å². The van der Waals surface area contributed by atoms with Crippen LogP contribution in [-0.4, -0.2) is 29.1 Å². The zero-order valence-corrected chi connectivity index (χ0v) is 17.0. The van der Waals surface area contributed by atoms with E-state index in [1.807, 2.05) is 13.8 Å². The fourth-order valence-corrected chi connectivity index (χ4v) is 2.57. The molecule has 28 heavy (non-hydrogen) atoms. The Balaban J connectivity index is 2.31. The van der Waals surface area contributed by atoms with Crippen LogP contribution in [0.25, 0.3) is 6.08 Å². The number of esters is 1. The number of hydrogen-bond acceptors (Lipinski definition) is 5. The van der Waals surface area contributed by atoms with Crippen LogP contribution in [0.5, 0.6) is 11.5 Å². The molecule has 0 atom stereocenters. The number of ketones is 1. The molecule has 2 aromatic carbocycles. The van der Waals surface area contributed by atoms with E-state index < -0.39 is 5.97 Å². The van der Waals surface area contributed by atoms with Crippen molar-refractivity contribution in [3.8, 4) is 11.5 Å². The second-order valence-corrected chi connectivity index (χ2v) is 7.17. The zero-order chi connectivity index (χ0) is 20.8. The monoisotopic (exact) mass is 402 g/mol. The van der Waals surface area contributed by atoms with Gasteiger partial charge in [0.05, 0.1) is 23.3 Å². The van der Waals surface area contributed by atoms with Crippen molar-refractivity contribution in [1.82, 2.24) is 0 Å². The van der Waals surface area contributed by atoms with Gasteiger partial charge in [0.25, 0.3) is 0 Å². The Kier molecular flexibility index (Phi) is 7.24. The van der Waals surface area contributed by atoms with Crippen LogP contribution in [0, 0.1) is 0 Å². The van der Waals surface area contributed by atoms with Gasteiger partial charge in [-0.15, -0.1) is 0 Å². The van der Waals surface area contributed by atoms with Crippen molar-refractivity contribution in [3.63, 3.8) is 0 Å². The number of halogens is 1. The highest BCUT2D eigenvalue weighted by Crippen LogP contribution is 2.26. The second kappa shape index (κ2) is 9.42. The van der Waals surface area contributed by atoms with Gasteiger partial charge >= 0.3 is 5.97 Å². The maximum absolute atomic E-state index is 12.4. The third-order valence-corrected chi connectivity index (χ3v) is 3.83. The standard InChI is InChI=1S/C22H23ClO5/c1-13(2)27-21-11-16(22(26)28-14(3)4)6-5-15(21)7-10-19(24)18-9-8-17(23)12-20(18)25/h5-14,25H,1-4H3/b10-7+. The van der Waals surface area contributed by atoms with Gasteiger partial charge in [-0.05, 0) is 70.2 Å². The zero-order valence-electron chi connectivity index (χ0n) is 16.2. The summed E-state index contributed by atoms with van der Waals surface area (Å²) < 4.78 is 11.0. The predicted octanol–water partition coefficient (Wildman–Crippen LogP) is 5.29. The highest BCUT2D eigenvalue weighted by Gasteiger charge is 2.14. The summed E-state index contributed by atoms with van der Waals surface area (Å²) in [5.41, 5.74) is 1.13. The van der Waals surface area contributed by atoms with Gasteiger partial charge in [-0.3, -0.25) is 4.79 Å². The average molecular weight is 403 g/mol. The first-order valence-electron chi connectivity index (χ1n) is 8.90. The van der Waals surface area contributed by atoms with Gasteiger partial charge < -0.3 is 14.6 Å². The van der Waals surface area contributed by atoms with E-state index in [0.29, 0.717) is 21.9 Å². The summed E-state index contributed by atoms with van der Waals surface area (Å²) >= 11 is 5.79. The Hall–Kier alpha value is -2.79. The average Bonchev–Trinajstić information content (AvgIpc) is 2.59. The first-order chi connectivity index (χ1) is 13.2. The maximum atomic E-state index is 12.4. The Morgan fingerprint density at radius 1 is 1.04 bits per heavy atom. The number of benzene rings is 2.